The minimum absolute atomic E-state index is 0.128. The van der Waals surface area contributed by atoms with Gasteiger partial charge in [-0.05, 0) is 25.9 Å². The van der Waals surface area contributed by atoms with E-state index in [0.29, 0.717) is 6.42 Å². The molecule has 66 valence electrons. The lowest BCUT2D eigenvalue weighted by Crippen LogP contribution is -2.21. The number of carbonyl (C=O) groups excluding carboxylic acids is 1. The first-order valence-corrected chi connectivity index (χ1v) is 4.22. The fraction of sp³-hybridized carbons (Fsp3) is 0.875. The lowest BCUT2D eigenvalue weighted by Gasteiger charge is -2.01. The zero-order valence-corrected chi connectivity index (χ0v) is 7.44. The van der Waals surface area contributed by atoms with Gasteiger partial charge in [0.1, 0.15) is 0 Å². The van der Waals surface area contributed by atoms with Crippen molar-refractivity contribution in [3.63, 3.8) is 0 Å². The highest BCUT2D eigenvalue weighted by atomic mass is 16.1. The first kappa shape index (κ1) is 10.4. The van der Waals surface area contributed by atoms with Crippen LogP contribution in [0.2, 0.25) is 0 Å². The molecule has 3 heteroatoms. The number of hydrogen-bond acceptors (Lipinski definition) is 2. The highest BCUT2D eigenvalue weighted by Crippen LogP contribution is 1.85. The number of rotatable bonds is 6. The average molecular weight is 158 g/mol. The number of amides is 1. The Morgan fingerprint density at radius 2 is 2.09 bits per heavy atom. The van der Waals surface area contributed by atoms with E-state index in [0.717, 1.165) is 25.9 Å². The molecule has 0 aliphatic heterocycles. The summed E-state index contributed by atoms with van der Waals surface area (Å²) in [6.45, 7) is 4.13. The summed E-state index contributed by atoms with van der Waals surface area (Å²) < 4.78 is 0. The first-order valence-electron chi connectivity index (χ1n) is 4.22. The predicted molar refractivity (Wildman–Crippen MR) is 46.5 cm³/mol. The molecule has 0 radical (unpaired) electrons. The van der Waals surface area contributed by atoms with Gasteiger partial charge in [0, 0.05) is 13.5 Å². The van der Waals surface area contributed by atoms with Crippen molar-refractivity contribution in [2.24, 2.45) is 0 Å². The van der Waals surface area contributed by atoms with Gasteiger partial charge >= 0.3 is 0 Å². The van der Waals surface area contributed by atoms with Crippen molar-refractivity contribution in [2.75, 3.05) is 20.1 Å². The van der Waals surface area contributed by atoms with E-state index in [1.54, 1.807) is 7.05 Å². The van der Waals surface area contributed by atoms with Crippen LogP contribution in [0.5, 0.6) is 0 Å². The molecule has 0 saturated carbocycles. The van der Waals surface area contributed by atoms with Crippen LogP contribution in [0, 0.1) is 0 Å². The second-order valence-electron chi connectivity index (χ2n) is 2.53. The Morgan fingerprint density at radius 1 is 1.36 bits per heavy atom. The van der Waals surface area contributed by atoms with Gasteiger partial charge in [0.2, 0.25) is 5.91 Å². The van der Waals surface area contributed by atoms with Gasteiger partial charge in [-0.3, -0.25) is 4.79 Å². The zero-order valence-electron chi connectivity index (χ0n) is 7.44. The van der Waals surface area contributed by atoms with Gasteiger partial charge in [0.25, 0.3) is 0 Å². The number of nitrogens with one attached hydrogen (secondary N) is 2. The van der Waals surface area contributed by atoms with Gasteiger partial charge in [0.15, 0.2) is 0 Å². The lowest BCUT2D eigenvalue weighted by molar-refractivity contribution is -0.120. The normalized spacial score (nSPS) is 9.64. The Morgan fingerprint density at radius 3 is 2.64 bits per heavy atom. The van der Waals surface area contributed by atoms with Gasteiger partial charge in [-0.1, -0.05) is 6.92 Å². The van der Waals surface area contributed by atoms with Gasteiger partial charge in [-0.2, -0.15) is 0 Å². The van der Waals surface area contributed by atoms with Gasteiger partial charge in [-0.25, -0.2) is 0 Å². The van der Waals surface area contributed by atoms with Crippen LogP contribution in [0.15, 0.2) is 0 Å². The fourth-order valence-electron chi connectivity index (χ4n) is 0.801. The van der Waals surface area contributed by atoms with Crippen LogP contribution in [0.25, 0.3) is 0 Å². The molecule has 0 aliphatic rings. The molecule has 0 rings (SSSR count). The van der Waals surface area contributed by atoms with Crippen LogP contribution in [0.1, 0.15) is 26.2 Å². The van der Waals surface area contributed by atoms with Crippen molar-refractivity contribution in [2.45, 2.75) is 26.2 Å². The molecule has 11 heavy (non-hydrogen) atoms. The third-order valence-corrected chi connectivity index (χ3v) is 1.46. The van der Waals surface area contributed by atoms with Gasteiger partial charge in [0.05, 0.1) is 0 Å². The van der Waals surface area contributed by atoms with E-state index in [4.69, 9.17) is 0 Å². The van der Waals surface area contributed by atoms with Crippen molar-refractivity contribution in [1.82, 2.24) is 10.6 Å². The maximum atomic E-state index is 10.7. The Labute approximate surface area is 68.6 Å². The smallest absolute Gasteiger partial charge is 0.219 e. The Kier molecular flexibility index (Phi) is 7.15. The summed E-state index contributed by atoms with van der Waals surface area (Å²) in [5.74, 6) is 0.128. The highest BCUT2D eigenvalue weighted by Gasteiger charge is 1.95. The monoisotopic (exact) mass is 158 g/mol. The van der Waals surface area contributed by atoms with E-state index in [2.05, 4.69) is 17.6 Å². The van der Waals surface area contributed by atoms with Crippen LogP contribution in [-0.2, 0) is 4.79 Å². The summed E-state index contributed by atoms with van der Waals surface area (Å²) in [7, 11) is 1.67. The van der Waals surface area contributed by atoms with Crippen molar-refractivity contribution in [1.29, 1.82) is 0 Å². The van der Waals surface area contributed by atoms with Crippen LogP contribution in [0.4, 0.5) is 0 Å². The summed E-state index contributed by atoms with van der Waals surface area (Å²) in [5, 5.41) is 5.82. The Hall–Kier alpha value is -0.570. The summed E-state index contributed by atoms with van der Waals surface area (Å²) in [6.07, 6.45) is 2.72. The van der Waals surface area contributed by atoms with Crippen LogP contribution >= 0.6 is 0 Å². The summed E-state index contributed by atoms with van der Waals surface area (Å²) in [5.41, 5.74) is 0. The molecule has 0 aromatic heterocycles. The SMILES string of the molecule is CCCNCCCC(=O)NC. The molecular formula is C8H18N2O. The predicted octanol–water partition coefficient (Wildman–Crippen LogP) is 0.512. The molecule has 0 spiro atoms. The first-order chi connectivity index (χ1) is 5.31. The molecule has 3 nitrogen and oxygen atoms in total. The fourth-order valence-corrected chi connectivity index (χ4v) is 0.801. The minimum atomic E-state index is 0.128. The van der Waals surface area contributed by atoms with Crippen molar-refractivity contribution < 1.29 is 4.79 Å². The second kappa shape index (κ2) is 7.54. The van der Waals surface area contributed by atoms with Crippen LogP contribution in [-0.4, -0.2) is 26.0 Å². The van der Waals surface area contributed by atoms with E-state index < -0.39 is 0 Å². The maximum absolute atomic E-state index is 10.7. The highest BCUT2D eigenvalue weighted by molar-refractivity contribution is 5.75. The topological polar surface area (TPSA) is 41.1 Å². The largest absolute Gasteiger partial charge is 0.359 e. The molecule has 2 N–H and O–H groups in total. The minimum Gasteiger partial charge on any atom is -0.359 e. The third-order valence-electron chi connectivity index (χ3n) is 1.46. The summed E-state index contributed by atoms with van der Waals surface area (Å²) in [4.78, 5) is 10.7. The molecule has 0 fully saturated rings. The summed E-state index contributed by atoms with van der Waals surface area (Å²) >= 11 is 0. The summed E-state index contributed by atoms with van der Waals surface area (Å²) in [6, 6.07) is 0. The lowest BCUT2D eigenvalue weighted by atomic mass is 10.3. The van der Waals surface area contributed by atoms with E-state index in [-0.39, 0.29) is 5.91 Å². The maximum Gasteiger partial charge on any atom is 0.219 e. The molecule has 0 aromatic carbocycles. The molecule has 0 aromatic rings. The van der Waals surface area contributed by atoms with Crippen molar-refractivity contribution in [3.05, 3.63) is 0 Å². The molecule has 0 aliphatic carbocycles. The third kappa shape index (κ3) is 7.33. The quantitative estimate of drug-likeness (QED) is 0.553. The van der Waals surface area contributed by atoms with Gasteiger partial charge in [-0.15, -0.1) is 0 Å². The average Bonchev–Trinajstić information content (AvgIpc) is 2.04. The van der Waals surface area contributed by atoms with E-state index >= 15 is 0 Å². The van der Waals surface area contributed by atoms with Gasteiger partial charge < -0.3 is 10.6 Å². The molecule has 0 heterocycles. The Balaban J connectivity index is 2.95. The molecule has 0 saturated heterocycles. The van der Waals surface area contributed by atoms with E-state index in [1.807, 2.05) is 0 Å². The molecule has 1 amide bonds. The molecule has 0 atom stereocenters. The Bertz CT molecular complexity index is 104. The van der Waals surface area contributed by atoms with Crippen molar-refractivity contribution >= 4 is 5.91 Å². The van der Waals surface area contributed by atoms with E-state index in [1.165, 1.54) is 0 Å². The van der Waals surface area contributed by atoms with Crippen molar-refractivity contribution in [3.8, 4) is 0 Å². The second-order valence-corrected chi connectivity index (χ2v) is 2.53. The molecule has 0 unspecified atom stereocenters. The molecular weight excluding hydrogens is 140 g/mol. The zero-order chi connectivity index (χ0) is 8.53. The van der Waals surface area contributed by atoms with Crippen LogP contribution in [0.3, 0.4) is 0 Å². The molecule has 0 bridgehead atoms. The standard InChI is InChI=1S/C8H18N2O/c1-3-6-10-7-4-5-8(11)9-2/h10H,3-7H2,1-2H3,(H,9,11). The number of carbonyl (C=O) groups is 1. The number of hydrogen-bond donors (Lipinski definition) is 2. The van der Waals surface area contributed by atoms with E-state index in [9.17, 15) is 4.79 Å². The van der Waals surface area contributed by atoms with Crippen LogP contribution < -0.4 is 10.6 Å².